The molecule has 1 aromatic heterocycles. The second-order valence-corrected chi connectivity index (χ2v) is 5.29. The predicted molar refractivity (Wildman–Crippen MR) is 73.0 cm³/mol. The summed E-state index contributed by atoms with van der Waals surface area (Å²) in [6.07, 6.45) is 9.42. The van der Waals surface area contributed by atoms with Crippen LogP contribution >= 0.6 is 0 Å². The van der Waals surface area contributed by atoms with Gasteiger partial charge in [0.25, 0.3) is 0 Å². The van der Waals surface area contributed by atoms with Crippen molar-refractivity contribution >= 4 is 5.95 Å². The van der Waals surface area contributed by atoms with Crippen molar-refractivity contribution in [3.63, 3.8) is 0 Å². The molecule has 4 heteroatoms. The lowest BCUT2D eigenvalue weighted by atomic mass is 10.1. The van der Waals surface area contributed by atoms with E-state index in [4.69, 9.17) is 4.98 Å². The minimum Gasteiger partial charge on any atom is -0.341 e. The van der Waals surface area contributed by atoms with E-state index in [9.17, 15) is 0 Å². The van der Waals surface area contributed by atoms with Crippen molar-refractivity contribution in [3.8, 4) is 0 Å². The van der Waals surface area contributed by atoms with Gasteiger partial charge in [-0.05, 0) is 31.4 Å². The molecule has 0 saturated carbocycles. The van der Waals surface area contributed by atoms with Gasteiger partial charge in [0.2, 0.25) is 5.95 Å². The van der Waals surface area contributed by atoms with Crippen LogP contribution in [0, 0.1) is 0 Å². The Balaban J connectivity index is 1.81. The Kier molecular flexibility index (Phi) is 3.74. The molecule has 2 aliphatic rings. The molecule has 98 valence electrons. The van der Waals surface area contributed by atoms with Crippen LogP contribution in [0.4, 0.5) is 5.95 Å². The number of hydrogen-bond donors (Lipinski definition) is 1. The van der Waals surface area contributed by atoms with Crippen LogP contribution in [0.2, 0.25) is 0 Å². The van der Waals surface area contributed by atoms with Crippen molar-refractivity contribution in [1.29, 1.82) is 0 Å². The van der Waals surface area contributed by atoms with Gasteiger partial charge in [0.1, 0.15) is 0 Å². The van der Waals surface area contributed by atoms with Crippen LogP contribution in [0.3, 0.4) is 0 Å². The van der Waals surface area contributed by atoms with Crippen molar-refractivity contribution in [1.82, 2.24) is 15.3 Å². The Hall–Kier alpha value is -1.16. The molecule has 4 nitrogen and oxygen atoms in total. The fourth-order valence-electron chi connectivity index (χ4n) is 2.83. The normalized spacial score (nSPS) is 21.0. The molecule has 0 radical (unpaired) electrons. The highest BCUT2D eigenvalue weighted by molar-refractivity contribution is 5.34. The van der Waals surface area contributed by atoms with E-state index >= 15 is 0 Å². The zero-order valence-corrected chi connectivity index (χ0v) is 11.0. The second-order valence-electron chi connectivity index (χ2n) is 5.29. The van der Waals surface area contributed by atoms with Crippen molar-refractivity contribution in [3.05, 3.63) is 17.5 Å². The number of anilines is 1. The number of aromatic nitrogens is 2. The lowest BCUT2D eigenvalue weighted by Crippen LogP contribution is -2.26. The van der Waals surface area contributed by atoms with Gasteiger partial charge in [-0.2, -0.15) is 0 Å². The third kappa shape index (κ3) is 2.64. The van der Waals surface area contributed by atoms with Crippen LogP contribution in [-0.4, -0.2) is 36.1 Å². The average molecular weight is 246 g/mol. The molecule has 1 N–H and O–H groups in total. The largest absolute Gasteiger partial charge is 0.341 e. The number of nitrogens with one attached hydrogen (secondary N) is 1. The van der Waals surface area contributed by atoms with Crippen LogP contribution in [0.25, 0.3) is 0 Å². The third-order valence-corrected chi connectivity index (χ3v) is 3.94. The highest BCUT2D eigenvalue weighted by Gasteiger charge is 2.15. The Bertz CT molecular complexity index is 397. The Morgan fingerprint density at radius 3 is 2.61 bits per heavy atom. The first-order valence-electron chi connectivity index (χ1n) is 7.24. The van der Waals surface area contributed by atoms with E-state index in [0.717, 1.165) is 45.0 Å². The zero-order valence-electron chi connectivity index (χ0n) is 11.0. The Morgan fingerprint density at radius 1 is 1.00 bits per heavy atom. The third-order valence-electron chi connectivity index (χ3n) is 3.94. The summed E-state index contributed by atoms with van der Waals surface area (Å²) in [5, 5.41) is 3.42. The molecule has 2 aliphatic heterocycles. The summed E-state index contributed by atoms with van der Waals surface area (Å²) in [5.41, 5.74) is 2.59. The minimum atomic E-state index is 0.956. The Labute approximate surface area is 109 Å². The average Bonchev–Trinajstić information content (AvgIpc) is 2.80. The summed E-state index contributed by atoms with van der Waals surface area (Å²) in [4.78, 5) is 11.8. The van der Waals surface area contributed by atoms with Gasteiger partial charge in [-0.25, -0.2) is 9.97 Å². The standard InChI is InChI=1S/C14H22N4/c1-2-4-10-18(9-3-1)14-16-11-12-5-7-15-8-6-13(12)17-14/h11,15H,1-10H2. The maximum Gasteiger partial charge on any atom is 0.225 e. The molecule has 3 heterocycles. The lowest BCUT2D eigenvalue weighted by Gasteiger charge is -2.21. The van der Waals surface area contributed by atoms with Gasteiger partial charge < -0.3 is 10.2 Å². The van der Waals surface area contributed by atoms with Crippen molar-refractivity contribution in [2.45, 2.75) is 38.5 Å². The molecular weight excluding hydrogens is 224 g/mol. The summed E-state index contributed by atoms with van der Waals surface area (Å²) in [7, 11) is 0. The summed E-state index contributed by atoms with van der Waals surface area (Å²) in [5.74, 6) is 0.956. The smallest absolute Gasteiger partial charge is 0.225 e. The SMILES string of the molecule is c1nc(N2CCCCCC2)nc2c1CCNCC2. The molecule has 1 saturated heterocycles. The first kappa shape index (κ1) is 11.9. The fraction of sp³-hybridized carbons (Fsp3) is 0.714. The van der Waals surface area contributed by atoms with E-state index in [1.165, 1.54) is 36.9 Å². The quantitative estimate of drug-likeness (QED) is 0.816. The summed E-state index contributed by atoms with van der Waals surface area (Å²) in [6.45, 7) is 4.34. The van der Waals surface area contributed by atoms with Gasteiger partial charge in [0.15, 0.2) is 0 Å². The van der Waals surface area contributed by atoms with E-state index < -0.39 is 0 Å². The molecule has 0 amide bonds. The van der Waals surface area contributed by atoms with Crippen molar-refractivity contribution in [2.75, 3.05) is 31.1 Å². The molecule has 0 bridgehead atoms. The van der Waals surface area contributed by atoms with E-state index in [1.54, 1.807) is 0 Å². The number of hydrogen-bond acceptors (Lipinski definition) is 4. The van der Waals surface area contributed by atoms with Gasteiger partial charge in [0.05, 0.1) is 5.69 Å². The van der Waals surface area contributed by atoms with E-state index in [0.29, 0.717) is 0 Å². The molecule has 1 fully saturated rings. The zero-order chi connectivity index (χ0) is 12.2. The molecule has 0 aromatic carbocycles. The van der Waals surface area contributed by atoms with Crippen molar-refractivity contribution < 1.29 is 0 Å². The highest BCUT2D eigenvalue weighted by atomic mass is 15.2. The summed E-state index contributed by atoms with van der Waals surface area (Å²) >= 11 is 0. The minimum absolute atomic E-state index is 0.956. The molecule has 0 aliphatic carbocycles. The van der Waals surface area contributed by atoms with Crippen molar-refractivity contribution in [2.24, 2.45) is 0 Å². The van der Waals surface area contributed by atoms with Crippen LogP contribution < -0.4 is 10.2 Å². The van der Waals surface area contributed by atoms with Crippen LogP contribution in [-0.2, 0) is 12.8 Å². The molecule has 0 spiro atoms. The molecule has 3 rings (SSSR count). The van der Waals surface area contributed by atoms with Crippen LogP contribution in [0.5, 0.6) is 0 Å². The van der Waals surface area contributed by atoms with E-state index in [-0.39, 0.29) is 0 Å². The van der Waals surface area contributed by atoms with Gasteiger partial charge in [-0.1, -0.05) is 12.8 Å². The highest BCUT2D eigenvalue weighted by Crippen LogP contribution is 2.18. The molecule has 18 heavy (non-hydrogen) atoms. The van der Waals surface area contributed by atoms with Crippen LogP contribution in [0.15, 0.2) is 6.20 Å². The molecular formula is C14H22N4. The monoisotopic (exact) mass is 246 g/mol. The summed E-state index contributed by atoms with van der Waals surface area (Å²) in [6, 6.07) is 0. The molecule has 0 unspecified atom stereocenters. The predicted octanol–water partition coefficient (Wildman–Crippen LogP) is 1.55. The second kappa shape index (κ2) is 5.65. The topological polar surface area (TPSA) is 41.1 Å². The van der Waals surface area contributed by atoms with Gasteiger partial charge in [-0.3, -0.25) is 0 Å². The maximum absolute atomic E-state index is 4.81. The summed E-state index contributed by atoms with van der Waals surface area (Å²) < 4.78 is 0. The van der Waals surface area contributed by atoms with E-state index in [1.807, 2.05) is 0 Å². The first-order valence-corrected chi connectivity index (χ1v) is 7.24. The fourth-order valence-corrected chi connectivity index (χ4v) is 2.83. The molecule has 0 atom stereocenters. The number of rotatable bonds is 1. The first-order chi connectivity index (χ1) is 8.93. The van der Waals surface area contributed by atoms with Gasteiger partial charge in [0, 0.05) is 32.3 Å². The maximum atomic E-state index is 4.81. The lowest BCUT2D eigenvalue weighted by molar-refractivity contribution is 0.707. The number of nitrogens with zero attached hydrogens (tertiary/aromatic N) is 3. The molecule has 1 aromatic rings. The van der Waals surface area contributed by atoms with Crippen LogP contribution in [0.1, 0.15) is 36.9 Å². The van der Waals surface area contributed by atoms with Gasteiger partial charge in [-0.15, -0.1) is 0 Å². The Morgan fingerprint density at radius 2 is 1.78 bits per heavy atom. The van der Waals surface area contributed by atoms with Gasteiger partial charge >= 0.3 is 0 Å². The van der Waals surface area contributed by atoms with E-state index in [2.05, 4.69) is 21.4 Å². The number of fused-ring (bicyclic) bond motifs is 1.